The number of thiophene rings is 1. The van der Waals surface area contributed by atoms with Crippen LogP contribution in [0.25, 0.3) is 22.5 Å². The lowest BCUT2D eigenvalue weighted by molar-refractivity contribution is 0.410. The Morgan fingerprint density at radius 2 is 2.10 bits per heavy atom. The highest BCUT2D eigenvalue weighted by atomic mass is 35.5. The van der Waals surface area contributed by atoms with E-state index >= 15 is 0 Å². The van der Waals surface area contributed by atoms with E-state index in [0.29, 0.717) is 16.7 Å². The molecule has 0 unspecified atom stereocenters. The summed E-state index contributed by atoms with van der Waals surface area (Å²) in [5.74, 6) is 0.886. The quantitative estimate of drug-likeness (QED) is 0.672. The van der Waals surface area contributed by atoms with Crippen molar-refractivity contribution in [2.45, 2.75) is 13.3 Å². The molecule has 2 heterocycles. The summed E-state index contributed by atoms with van der Waals surface area (Å²) < 4.78 is 5.21. The molecule has 1 aromatic carbocycles. The lowest BCUT2D eigenvalue weighted by Crippen LogP contribution is -1.81. The molecule has 106 valence electrons. The van der Waals surface area contributed by atoms with Gasteiger partial charge in [-0.1, -0.05) is 47.9 Å². The molecule has 0 aliphatic rings. The molecule has 0 aliphatic heterocycles. The van der Waals surface area contributed by atoms with E-state index in [9.17, 15) is 0 Å². The van der Waals surface area contributed by atoms with Gasteiger partial charge in [0.1, 0.15) is 5.03 Å². The summed E-state index contributed by atoms with van der Waals surface area (Å²) in [6.07, 6.45) is 2.84. The first kappa shape index (κ1) is 14.0. The lowest BCUT2D eigenvalue weighted by Gasteiger charge is -1.97. The molecule has 0 atom stereocenters. The largest absolute Gasteiger partial charge is 0.333 e. The van der Waals surface area contributed by atoms with Gasteiger partial charge in [0.05, 0.1) is 0 Å². The van der Waals surface area contributed by atoms with Gasteiger partial charge in [-0.15, -0.1) is 0 Å². The van der Waals surface area contributed by atoms with E-state index in [1.54, 1.807) is 11.3 Å². The Morgan fingerprint density at radius 1 is 1.29 bits per heavy atom. The Balaban J connectivity index is 1.84. The highest BCUT2D eigenvalue weighted by molar-refractivity contribution is 7.08. The fourth-order valence-corrected chi connectivity index (χ4v) is 2.72. The monoisotopic (exact) mass is 316 g/mol. The maximum absolute atomic E-state index is 6.26. The van der Waals surface area contributed by atoms with Gasteiger partial charge >= 0.3 is 0 Å². The van der Waals surface area contributed by atoms with Gasteiger partial charge in [0.25, 0.3) is 5.89 Å². The second-order valence-corrected chi connectivity index (χ2v) is 5.71. The highest BCUT2D eigenvalue weighted by Crippen LogP contribution is 2.25. The van der Waals surface area contributed by atoms with Crippen molar-refractivity contribution in [1.29, 1.82) is 0 Å². The van der Waals surface area contributed by atoms with Gasteiger partial charge < -0.3 is 4.52 Å². The van der Waals surface area contributed by atoms with Crippen LogP contribution in [0, 0.1) is 0 Å². The van der Waals surface area contributed by atoms with Crippen LogP contribution in [0.15, 0.2) is 45.6 Å². The third kappa shape index (κ3) is 3.23. The van der Waals surface area contributed by atoms with Gasteiger partial charge in [-0.25, -0.2) is 0 Å². The summed E-state index contributed by atoms with van der Waals surface area (Å²) in [5, 5.41) is 8.32. The van der Waals surface area contributed by atoms with Crippen molar-refractivity contribution in [3.8, 4) is 11.4 Å². The topological polar surface area (TPSA) is 38.9 Å². The Hall–Kier alpha value is -1.91. The zero-order valence-corrected chi connectivity index (χ0v) is 13.0. The molecule has 3 aromatic rings. The van der Waals surface area contributed by atoms with Gasteiger partial charge in [-0.3, -0.25) is 0 Å². The van der Waals surface area contributed by atoms with Crippen LogP contribution in [0.5, 0.6) is 0 Å². The normalized spacial score (nSPS) is 11.8. The Bertz CT molecular complexity index is 745. The van der Waals surface area contributed by atoms with Gasteiger partial charge in [0, 0.05) is 10.9 Å². The number of benzene rings is 1. The van der Waals surface area contributed by atoms with Crippen LogP contribution in [-0.4, -0.2) is 10.1 Å². The van der Waals surface area contributed by atoms with E-state index in [1.807, 2.05) is 35.0 Å². The molecule has 0 aliphatic carbocycles. The number of nitrogens with zero attached hydrogens (tertiary/aromatic N) is 2. The van der Waals surface area contributed by atoms with Gasteiger partial charge in [-0.05, 0) is 35.1 Å². The van der Waals surface area contributed by atoms with E-state index in [2.05, 4.69) is 29.2 Å². The summed E-state index contributed by atoms with van der Waals surface area (Å²) >= 11 is 7.85. The maximum Gasteiger partial charge on any atom is 0.269 e. The Labute approximate surface area is 131 Å². The van der Waals surface area contributed by atoms with Crippen LogP contribution < -0.4 is 0 Å². The zero-order chi connectivity index (χ0) is 14.7. The molecule has 0 saturated carbocycles. The van der Waals surface area contributed by atoms with Crippen molar-refractivity contribution >= 4 is 34.0 Å². The zero-order valence-electron chi connectivity index (χ0n) is 11.4. The summed E-state index contributed by atoms with van der Waals surface area (Å²) in [6, 6.07) is 10.2. The first-order valence-corrected chi connectivity index (χ1v) is 7.91. The molecule has 2 aromatic heterocycles. The van der Waals surface area contributed by atoms with Crippen molar-refractivity contribution in [3.63, 3.8) is 0 Å². The second-order valence-electron chi connectivity index (χ2n) is 4.52. The fourth-order valence-electron chi connectivity index (χ4n) is 1.89. The number of aryl methyl sites for hydroxylation is 1. The number of hydrogen-bond donors (Lipinski definition) is 0. The van der Waals surface area contributed by atoms with Gasteiger partial charge in [0.2, 0.25) is 5.82 Å². The average molecular weight is 317 g/mol. The maximum atomic E-state index is 6.26. The molecule has 3 nitrogen and oxygen atoms in total. The molecule has 21 heavy (non-hydrogen) atoms. The van der Waals surface area contributed by atoms with Crippen molar-refractivity contribution < 1.29 is 4.52 Å². The molecule has 0 bridgehead atoms. The molecule has 0 saturated heterocycles. The molecule has 0 amide bonds. The first-order chi connectivity index (χ1) is 10.3. The third-order valence-corrected chi connectivity index (χ3v) is 4.05. The minimum Gasteiger partial charge on any atom is -0.333 e. The lowest BCUT2D eigenvalue weighted by atomic mass is 10.1. The van der Waals surface area contributed by atoms with Crippen molar-refractivity contribution in [1.82, 2.24) is 10.1 Å². The van der Waals surface area contributed by atoms with E-state index in [1.165, 1.54) is 5.56 Å². The van der Waals surface area contributed by atoms with Crippen LogP contribution in [0.4, 0.5) is 0 Å². The minimum atomic E-state index is 0.331. The van der Waals surface area contributed by atoms with E-state index in [0.717, 1.165) is 17.5 Å². The van der Waals surface area contributed by atoms with Crippen LogP contribution in [-0.2, 0) is 6.42 Å². The summed E-state index contributed by atoms with van der Waals surface area (Å²) in [6.45, 7) is 2.13. The summed E-state index contributed by atoms with van der Waals surface area (Å²) in [4.78, 5) is 4.31. The average Bonchev–Trinajstić information content (AvgIpc) is 3.19. The molecule has 0 N–H and O–H groups in total. The number of halogens is 1. The van der Waals surface area contributed by atoms with Crippen LogP contribution in [0.2, 0.25) is 0 Å². The summed E-state index contributed by atoms with van der Waals surface area (Å²) in [5.41, 5.74) is 3.24. The molecule has 0 spiro atoms. The molecule has 0 radical (unpaired) electrons. The standard InChI is InChI=1S/C16H13ClN2OS/c1-2-11-3-5-12(6-4-11)9-14(17)16-18-15(19-20-16)13-7-8-21-10-13/h3-10H,2H2,1H3/b14-9-. The first-order valence-electron chi connectivity index (χ1n) is 6.59. The Morgan fingerprint density at radius 3 is 2.76 bits per heavy atom. The van der Waals surface area contributed by atoms with Gasteiger partial charge in [-0.2, -0.15) is 16.3 Å². The van der Waals surface area contributed by atoms with Gasteiger partial charge in [0.15, 0.2) is 0 Å². The van der Waals surface area contributed by atoms with E-state index in [-0.39, 0.29) is 0 Å². The third-order valence-electron chi connectivity index (χ3n) is 3.09. The van der Waals surface area contributed by atoms with Crippen LogP contribution in [0.1, 0.15) is 23.9 Å². The molecular weight excluding hydrogens is 304 g/mol. The number of rotatable bonds is 4. The second kappa shape index (κ2) is 6.24. The van der Waals surface area contributed by atoms with E-state index in [4.69, 9.17) is 16.1 Å². The number of aromatic nitrogens is 2. The van der Waals surface area contributed by atoms with Crippen molar-refractivity contribution in [3.05, 3.63) is 58.1 Å². The smallest absolute Gasteiger partial charge is 0.269 e. The van der Waals surface area contributed by atoms with Crippen LogP contribution >= 0.6 is 22.9 Å². The minimum absolute atomic E-state index is 0.331. The fraction of sp³-hybridized carbons (Fsp3) is 0.125. The van der Waals surface area contributed by atoms with E-state index < -0.39 is 0 Å². The SMILES string of the molecule is CCc1ccc(/C=C(\Cl)c2nc(-c3ccsc3)no2)cc1. The highest BCUT2D eigenvalue weighted by Gasteiger charge is 2.11. The van der Waals surface area contributed by atoms with Crippen LogP contribution in [0.3, 0.4) is 0 Å². The Kier molecular flexibility index (Phi) is 4.18. The molecule has 3 rings (SSSR count). The molecule has 0 fully saturated rings. The predicted octanol–water partition coefficient (Wildman–Crippen LogP) is 5.10. The summed E-state index contributed by atoms with van der Waals surface area (Å²) in [7, 11) is 0. The number of hydrogen-bond acceptors (Lipinski definition) is 4. The van der Waals surface area contributed by atoms with Crippen molar-refractivity contribution in [2.75, 3.05) is 0 Å². The van der Waals surface area contributed by atoms with Crippen molar-refractivity contribution in [2.24, 2.45) is 0 Å². The predicted molar refractivity (Wildman–Crippen MR) is 87.2 cm³/mol. The molecule has 5 heteroatoms. The molecular formula is C16H13ClN2OS.